The van der Waals surface area contributed by atoms with Crippen molar-refractivity contribution in [1.29, 1.82) is 0 Å². The molecular weight excluding hydrogens is 326 g/mol. The zero-order valence-electron chi connectivity index (χ0n) is 13.5. The molecule has 6 heteroatoms. The summed E-state index contributed by atoms with van der Waals surface area (Å²) in [6.07, 6.45) is 1.78. The molecule has 0 aliphatic carbocycles. The third kappa shape index (κ3) is 4.04. The molecular formula is C18H20ClN3O2. The van der Waals surface area contributed by atoms with Gasteiger partial charge in [0, 0.05) is 37.4 Å². The second kappa shape index (κ2) is 7.20. The smallest absolute Gasteiger partial charge is 0.309 e. The minimum absolute atomic E-state index is 0.224. The second-order valence-electron chi connectivity index (χ2n) is 6.22. The molecule has 3 rings (SSSR count). The Morgan fingerprint density at radius 3 is 2.83 bits per heavy atom. The molecule has 126 valence electrons. The van der Waals surface area contributed by atoms with Crippen molar-refractivity contribution >= 4 is 23.4 Å². The summed E-state index contributed by atoms with van der Waals surface area (Å²) in [6, 6.07) is 9.94. The number of aromatic nitrogens is 1. The van der Waals surface area contributed by atoms with Crippen molar-refractivity contribution in [2.45, 2.75) is 20.0 Å². The van der Waals surface area contributed by atoms with Gasteiger partial charge in [-0.15, -0.1) is 0 Å². The Hall–Kier alpha value is -2.11. The minimum Gasteiger partial charge on any atom is -0.481 e. The summed E-state index contributed by atoms with van der Waals surface area (Å²) in [5.74, 6) is -0.116. The normalized spacial score (nSPS) is 15.1. The van der Waals surface area contributed by atoms with Crippen LogP contribution in [-0.4, -0.2) is 34.0 Å². The summed E-state index contributed by atoms with van der Waals surface area (Å²) in [4.78, 5) is 17.3. The highest BCUT2D eigenvalue weighted by molar-refractivity contribution is 6.31. The lowest BCUT2D eigenvalue weighted by molar-refractivity contribution is -0.147. The fraction of sp³-hybridized carbons (Fsp3) is 0.333. The van der Waals surface area contributed by atoms with Crippen molar-refractivity contribution in [3.8, 4) is 0 Å². The minimum atomic E-state index is -0.707. The molecule has 5 nitrogen and oxygen atoms in total. The van der Waals surface area contributed by atoms with E-state index in [2.05, 4.69) is 21.3 Å². The van der Waals surface area contributed by atoms with Gasteiger partial charge >= 0.3 is 5.97 Å². The van der Waals surface area contributed by atoms with Crippen molar-refractivity contribution in [2.75, 3.05) is 18.4 Å². The van der Waals surface area contributed by atoms with E-state index in [0.717, 1.165) is 34.1 Å². The molecule has 0 unspecified atom stereocenters. The number of hydrogen-bond acceptors (Lipinski definition) is 4. The quantitative estimate of drug-likeness (QED) is 0.841. The number of aliphatic carboxylic acids is 1. The summed E-state index contributed by atoms with van der Waals surface area (Å²) in [5, 5.41) is 13.0. The topological polar surface area (TPSA) is 65.5 Å². The summed E-state index contributed by atoms with van der Waals surface area (Å²) in [6.45, 7) is 4.65. The van der Waals surface area contributed by atoms with Gasteiger partial charge in [-0.3, -0.25) is 9.69 Å². The zero-order chi connectivity index (χ0) is 17.1. The van der Waals surface area contributed by atoms with Crippen molar-refractivity contribution in [1.82, 2.24) is 9.88 Å². The van der Waals surface area contributed by atoms with Crippen molar-refractivity contribution in [3.05, 3.63) is 58.2 Å². The van der Waals surface area contributed by atoms with Gasteiger partial charge in [0.2, 0.25) is 0 Å². The van der Waals surface area contributed by atoms with Gasteiger partial charge in [0.15, 0.2) is 0 Å². The van der Waals surface area contributed by atoms with E-state index in [0.29, 0.717) is 19.6 Å². The summed E-state index contributed by atoms with van der Waals surface area (Å²) >= 11 is 6.04. The number of anilines is 1. The molecule has 0 saturated carbocycles. The fourth-order valence-corrected chi connectivity index (χ4v) is 2.91. The SMILES string of the molecule is Cc1cc(CNc2cc(CN3CC(C(=O)O)C3)ccn2)ccc1Cl. The maximum Gasteiger partial charge on any atom is 0.309 e. The van der Waals surface area contributed by atoms with E-state index in [-0.39, 0.29) is 5.92 Å². The van der Waals surface area contributed by atoms with Crippen LogP contribution in [0.3, 0.4) is 0 Å². The van der Waals surface area contributed by atoms with Crippen LogP contribution in [0.1, 0.15) is 16.7 Å². The molecule has 1 aromatic carbocycles. The Labute approximate surface area is 146 Å². The molecule has 0 bridgehead atoms. The molecule has 1 aliphatic rings. The van der Waals surface area contributed by atoms with Crippen LogP contribution < -0.4 is 5.32 Å². The summed E-state index contributed by atoms with van der Waals surface area (Å²) in [7, 11) is 0. The largest absolute Gasteiger partial charge is 0.481 e. The second-order valence-corrected chi connectivity index (χ2v) is 6.62. The van der Waals surface area contributed by atoms with Crippen molar-refractivity contribution in [2.24, 2.45) is 5.92 Å². The number of hydrogen-bond donors (Lipinski definition) is 2. The highest BCUT2D eigenvalue weighted by Crippen LogP contribution is 2.20. The van der Waals surface area contributed by atoms with Gasteiger partial charge in [0.1, 0.15) is 5.82 Å². The van der Waals surface area contributed by atoms with Crippen LogP contribution in [0.4, 0.5) is 5.82 Å². The number of carboxylic acids is 1. The molecule has 1 aliphatic heterocycles. The first-order valence-electron chi connectivity index (χ1n) is 7.90. The third-order valence-corrected chi connectivity index (χ3v) is 4.66. The van der Waals surface area contributed by atoms with Gasteiger partial charge in [-0.2, -0.15) is 0 Å². The highest BCUT2D eigenvalue weighted by Gasteiger charge is 2.32. The molecule has 1 fully saturated rings. The predicted octanol–water partition coefficient (Wildman–Crippen LogP) is 3.17. The first-order chi connectivity index (χ1) is 11.5. The zero-order valence-corrected chi connectivity index (χ0v) is 14.3. The van der Waals surface area contributed by atoms with Crippen LogP contribution in [0.2, 0.25) is 5.02 Å². The molecule has 2 aromatic rings. The number of nitrogens with one attached hydrogen (secondary N) is 1. The number of nitrogens with zero attached hydrogens (tertiary/aromatic N) is 2. The van der Waals surface area contributed by atoms with Gasteiger partial charge in [-0.1, -0.05) is 23.7 Å². The number of halogens is 1. The van der Waals surface area contributed by atoms with Crippen LogP contribution in [0, 0.1) is 12.8 Å². The van der Waals surface area contributed by atoms with Gasteiger partial charge < -0.3 is 10.4 Å². The highest BCUT2D eigenvalue weighted by atomic mass is 35.5. The molecule has 24 heavy (non-hydrogen) atoms. The van der Waals surface area contributed by atoms with Gasteiger partial charge in [-0.25, -0.2) is 4.98 Å². The number of pyridine rings is 1. The van der Waals surface area contributed by atoms with E-state index in [9.17, 15) is 4.79 Å². The molecule has 0 amide bonds. The molecule has 1 saturated heterocycles. The first-order valence-corrected chi connectivity index (χ1v) is 8.28. The lowest BCUT2D eigenvalue weighted by Crippen LogP contribution is -2.49. The lowest BCUT2D eigenvalue weighted by atomic mass is 10.00. The van der Waals surface area contributed by atoms with E-state index < -0.39 is 5.97 Å². The third-order valence-electron chi connectivity index (χ3n) is 4.23. The number of rotatable bonds is 6. The molecule has 2 N–H and O–H groups in total. The van der Waals surface area contributed by atoms with Crippen LogP contribution in [-0.2, 0) is 17.9 Å². The molecule has 0 atom stereocenters. The Kier molecular flexibility index (Phi) is 5.02. The van der Waals surface area contributed by atoms with E-state index in [1.54, 1.807) is 6.20 Å². The van der Waals surface area contributed by atoms with Crippen LogP contribution in [0.25, 0.3) is 0 Å². The van der Waals surface area contributed by atoms with Gasteiger partial charge in [0.25, 0.3) is 0 Å². The first kappa shape index (κ1) is 16.7. The van der Waals surface area contributed by atoms with E-state index in [4.69, 9.17) is 16.7 Å². The molecule has 2 heterocycles. The van der Waals surface area contributed by atoms with Crippen molar-refractivity contribution < 1.29 is 9.90 Å². The Balaban J connectivity index is 1.55. The maximum atomic E-state index is 10.8. The molecule has 1 aromatic heterocycles. The maximum absolute atomic E-state index is 10.8. The number of benzene rings is 1. The Morgan fingerprint density at radius 2 is 2.12 bits per heavy atom. The Bertz CT molecular complexity index is 745. The van der Waals surface area contributed by atoms with Crippen LogP contribution >= 0.6 is 11.6 Å². The standard InChI is InChI=1S/C18H20ClN3O2/c1-12-6-13(2-3-16(12)19)8-21-17-7-14(4-5-20-17)9-22-10-15(11-22)18(23)24/h2-7,15H,8-11H2,1H3,(H,20,21)(H,23,24). The van der Waals surface area contributed by atoms with Crippen LogP contribution in [0.15, 0.2) is 36.5 Å². The predicted molar refractivity (Wildman–Crippen MR) is 94.2 cm³/mol. The van der Waals surface area contributed by atoms with E-state index in [1.807, 2.05) is 31.2 Å². The van der Waals surface area contributed by atoms with Crippen molar-refractivity contribution in [3.63, 3.8) is 0 Å². The summed E-state index contributed by atoms with van der Waals surface area (Å²) < 4.78 is 0. The lowest BCUT2D eigenvalue weighted by Gasteiger charge is -2.36. The monoisotopic (exact) mass is 345 g/mol. The average molecular weight is 346 g/mol. The number of carboxylic acid groups (broad SMARTS) is 1. The van der Waals surface area contributed by atoms with E-state index in [1.165, 1.54) is 0 Å². The fourth-order valence-electron chi connectivity index (χ4n) is 2.79. The average Bonchev–Trinajstić information content (AvgIpc) is 2.52. The number of carbonyl (C=O) groups is 1. The van der Waals surface area contributed by atoms with Crippen LogP contribution in [0.5, 0.6) is 0 Å². The molecule has 0 spiro atoms. The molecule has 0 radical (unpaired) electrons. The van der Waals surface area contributed by atoms with Gasteiger partial charge in [0.05, 0.1) is 5.92 Å². The number of likely N-dealkylation sites (tertiary alicyclic amines) is 1. The summed E-state index contributed by atoms with van der Waals surface area (Å²) in [5.41, 5.74) is 3.34. The Morgan fingerprint density at radius 1 is 1.33 bits per heavy atom. The van der Waals surface area contributed by atoms with Gasteiger partial charge in [-0.05, 0) is 41.8 Å². The number of aryl methyl sites for hydroxylation is 1. The van der Waals surface area contributed by atoms with E-state index >= 15 is 0 Å².